The van der Waals surface area contributed by atoms with E-state index >= 15 is 0 Å². The molecule has 1 unspecified atom stereocenters. The molecule has 1 saturated heterocycles. The number of nitrogens with zero attached hydrogens (tertiary/aromatic N) is 2. The van der Waals surface area contributed by atoms with Crippen LogP contribution < -0.4 is 0 Å². The number of carbonyl (C=O) groups is 1. The average Bonchev–Trinajstić information content (AvgIpc) is 3.09. The maximum absolute atomic E-state index is 12.5. The highest BCUT2D eigenvalue weighted by molar-refractivity contribution is 7.10. The topological polar surface area (TPSA) is 25.2 Å². The molecule has 2 aromatic heterocycles. The van der Waals surface area contributed by atoms with E-state index < -0.39 is 0 Å². The van der Waals surface area contributed by atoms with Crippen molar-refractivity contribution < 1.29 is 4.79 Å². The van der Waals surface area contributed by atoms with Crippen molar-refractivity contribution in [1.82, 2.24) is 9.47 Å². The second kappa shape index (κ2) is 4.61. The molecule has 1 fully saturated rings. The van der Waals surface area contributed by atoms with Crippen LogP contribution in [-0.2, 0) is 7.05 Å². The Bertz CT molecular complexity index is 544. The third kappa shape index (κ3) is 1.86. The first kappa shape index (κ1) is 11.5. The van der Waals surface area contributed by atoms with Crippen molar-refractivity contribution in [3.63, 3.8) is 0 Å². The van der Waals surface area contributed by atoms with Gasteiger partial charge in [-0.15, -0.1) is 11.3 Å². The van der Waals surface area contributed by atoms with Gasteiger partial charge in [0.15, 0.2) is 0 Å². The largest absolute Gasteiger partial charge is 0.347 e. The summed E-state index contributed by atoms with van der Waals surface area (Å²) >= 11 is 1.74. The van der Waals surface area contributed by atoms with Crippen LogP contribution in [-0.4, -0.2) is 21.9 Å². The van der Waals surface area contributed by atoms with Gasteiger partial charge in [-0.3, -0.25) is 4.79 Å². The van der Waals surface area contributed by atoms with E-state index in [2.05, 4.69) is 17.5 Å². The predicted molar refractivity (Wildman–Crippen MR) is 72.7 cm³/mol. The number of thiophene rings is 1. The Labute approximate surface area is 111 Å². The first-order valence-electron chi connectivity index (χ1n) is 6.23. The molecule has 1 amide bonds. The highest BCUT2D eigenvalue weighted by atomic mass is 32.1. The van der Waals surface area contributed by atoms with Gasteiger partial charge in [0.1, 0.15) is 5.69 Å². The summed E-state index contributed by atoms with van der Waals surface area (Å²) in [6.45, 7) is 0.868. The molecule has 1 aliphatic rings. The van der Waals surface area contributed by atoms with E-state index in [1.165, 1.54) is 4.88 Å². The number of rotatable bonds is 2. The quantitative estimate of drug-likeness (QED) is 0.814. The molecule has 18 heavy (non-hydrogen) atoms. The lowest BCUT2D eigenvalue weighted by Crippen LogP contribution is -2.31. The maximum atomic E-state index is 12.5. The lowest BCUT2D eigenvalue weighted by Gasteiger charge is -2.24. The zero-order valence-electron chi connectivity index (χ0n) is 10.4. The third-order valence-electron chi connectivity index (χ3n) is 3.55. The molecule has 4 heteroatoms. The number of hydrogen-bond donors (Lipinski definition) is 0. The molecule has 94 valence electrons. The van der Waals surface area contributed by atoms with Gasteiger partial charge < -0.3 is 9.47 Å². The van der Waals surface area contributed by atoms with E-state index in [0.29, 0.717) is 0 Å². The van der Waals surface area contributed by atoms with Crippen molar-refractivity contribution in [3.8, 4) is 0 Å². The van der Waals surface area contributed by atoms with E-state index in [1.54, 1.807) is 11.3 Å². The van der Waals surface area contributed by atoms with E-state index in [0.717, 1.165) is 25.1 Å². The highest BCUT2D eigenvalue weighted by Gasteiger charge is 2.31. The zero-order chi connectivity index (χ0) is 12.5. The minimum absolute atomic E-state index is 0.151. The molecule has 3 nitrogen and oxygen atoms in total. The van der Waals surface area contributed by atoms with Crippen LogP contribution in [0.3, 0.4) is 0 Å². The van der Waals surface area contributed by atoms with Gasteiger partial charge in [0, 0.05) is 24.7 Å². The van der Waals surface area contributed by atoms with Crippen molar-refractivity contribution in [3.05, 3.63) is 46.4 Å². The molecule has 1 aliphatic heterocycles. The summed E-state index contributed by atoms with van der Waals surface area (Å²) in [6.07, 6.45) is 4.10. The first-order chi connectivity index (χ1) is 8.77. The monoisotopic (exact) mass is 260 g/mol. The fourth-order valence-corrected chi connectivity index (χ4v) is 3.49. The molecular formula is C14H16N2OS. The normalized spacial score (nSPS) is 19.4. The number of likely N-dealkylation sites (tertiary alicyclic amines) is 1. The Kier molecular flexibility index (Phi) is 2.96. The lowest BCUT2D eigenvalue weighted by atomic mass is 10.2. The number of amides is 1. The molecule has 0 spiro atoms. The smallest absolute Gasteiger partial charge is 0.271 e. The Morgan fingerprint density at radius 3 is 2.94 bits per heavy atom. The van der Waals surface area contributed by atoms with Crippen LogP contribution in [0.15, 0.2) is 35.8 Å². The van der Waals surface area contributed by atoms with Gasteiger partial charge in [-0.1, -0.05) is 6.07 Å². The molecule has 3 rings (SSSR count). The van der Waals surface area contributed by atoms with Gasteiger partial charge in [0.05, 0.1) is 6.04 Å². The first-order valence-corrected chi connectivity index (χ1v) is 7.11. The predicted octanol–water partition coefficient (Wildman–Crippen LogP) is 3.06. The fourth-order valence-electron chi connectivity index (χ4n) is 2.62. The second-order valence-electron chi connectivity index (χ2n) is 4.68. The standard InChI is InChI=1S/C14H16N2OS/c1-15-8-2-6-12(15)14(17)16-9-3-5-11(16)13-7-4-10-18-13/h2,4,6-8,10-11H,3,5,9H2,1H3. The highest BCUT2D eigenvalue weighted by Crippen LogP contribution is 2.35. The van der Waals surface area contributed by atoms with Crippen molar-refractivity contribution in [2.45, 2.75) is 18.9 Å². The molecule has 0 radical (unpaired) electrons. The average molecular weight is 260 g/mol. The molecule has 2 aromatic rings. The van der Waals surface area contributed by atoms with Crippen molar-refractivity contribution in [2.24, 2.45) is 7.05 Å². The van der Waals surface area contributed by atoms with Crippen LogP contribution in [0, 0.1) is 0 Å². The van der Waals surface area contributed by atoms with Crippen LogP contribution in [0.1, 0.15) is 34.2 Å². The minimum Gasteiger partial charge on any atom is -0.347 e. The molecule has 3 heterocycles. The number of carbonyl (C=O) groups excluding carboxylic acids is 1. The summed E-state index contributed by atoms with van der Waals surface area (Å²) in [6, 6.07) is 8.28. The minimum atomic E-state index is 0.151. The fraction of sp³-hybridized carbons (Fsp3) is 0.357. The lowest BCUT2D eigenvalue weighted by molar-refractivity contribution is 0.0728. The zero-order valence-corrected chi connectivity index (χ0v) is 11.2. The van der Waals surface area contributed by atoms with Gasteiger partial charge in [0.2, 0.25) is 0 Å². The van der Waals surface area contributed by atoms with Crippen molar-refractivity contribution >= 4 is 17.2 Å². The summed E-state index contributed by atoms with van der Waals surface area (Å²) in [5.74, 6) is 0.151. The van der Waals surface area contributed by atoms with Crippen LogP contribution in [0.4, 0.5) is 0 Å². The Morgan fingerprint density at radius 1 is 1.39 bits per heavy atom. The summed E-state index contributed by atoms with van der Waals surface area (Å²) in [5.41, 5.74) is 0.776. The van der Waals surface area contributed by atoms with Crippen LogP contribution >= 0.6 is 11.3 Å². The van der Waals surface area contributed by atoms with Crippen LogP contribution in [0.25, 0.3) is 0 Å². The van der Waals surface area contributed by atoms with Gasteiger partial charge in [-0.25, -0.2) is 0 Å². The van der Waals surface area contributed by atoms with Gasteiger partial charge >= 0.3 is 0 Å². The Morgan fingerprint density at radius 2 is 2.28 bits per heavy atom. The number of hydrogen-bond acceptors (Lipinski definition) is 2. The van der Waals surface area contributed by atoms with Crippen molar-refractivity contribution in [2.75, 3.05) is 6.54 Å². The molecule has 0 N–H and O–H groups in total. The molecular weight excluding hydrogens is 244 g/mol. The summed E-state index contributed by atoms with van der Waals surface area (Å²) < 4.78 is 1.89. The molecule has 0 aliphatic carbocycles. The van der Waals surface area contributed by atoms with E-state index in [9.17, 15) is 4.79 Å². The van der Waals surface area contributed by atoms with Gasteiger partial charge in [0.25, 0.3) is 5.91 Å². The number of aromatic nitrogens is 1. The van der Waals surface area contributed by atoms with Crippen molar-refractivity contribution in [1.29, 1.82) is 0 Å². The molecule has 0 saturated carbocycles. The summed E-state index contributed by atoms with van der Waals surface area (Å²) in [7, 11) is 1.92. The summed E-state index contributed by atoms with van der Waals surface area (Å²) in [5, 5.41) is 2.08. The van der Waals surface area contributed by atoms with Crippen LogP contribution in [0.2, 0.25) is 0 Å². The second-order valence-corrected chi connectivity index (χ2v) is 5.66. The van der Waals surface area contributed by atoms with E-state index in [-0.39, 0.29) is 11.9 Å². The maximum Gasteiger partial charge on any atom is 0.271 e. The number of aryl methyl sites for hydroxylation is 1. The van der Waals surface area contributed by atoms with Gasteiger partial charge in [-0.2, -0.15) is 0 Å². The molecule has 0 aromatic carbocycles. The third-order valence-corrected chi connectivity index (χ3v) is 4.52. The Balaban J connectivity index is 1.88. The molecule has 1 atom stereocenters. The van der Waals surface area contributed by atoms with E-state index in [4.69, 9.17) is 0 Å². The van der Waals surface area contributed by atoms with Crippen LogP contribution in [0.5, 0.6) is 0 Å². The van der Waals surface area contributed by atoms with Gasteiger partial charge in [-0.05, 0) is 36.4 Å². The molecule has 0 bridgehead atoms. The summed E-state index contributed by atoms with van der Waals surface area (Å²) in [4.78, 5) is 15.9. The SMILES string of the molecule is Cn1cccc1C(=O)N1CCCC1c1cccs1. The van der Waals surface area contributed by atoms with E-state index in [1.807, 2.05) is 34.8 Å². The Hall–Kier alpha value is -1.55.